The predicted molar refractivity (Wildman–Crippen MR) is 213 cm³/mol. The Labute approximate surface area is 336 Å². The number of rotatable bonds is 9. The largest absolute Gasteiger partial charge is 0.503 e. The van der Waals surface area contributed by atoms with Crippen LogP contribution in [0.3, 0.4) is 0 Å². The Morgan fingerprint density at radius 1 is 0.881 bits per heavy atom. The normalized spacial score (nSPS) is 19.7. The number of imidazole rings is 1. The quantitative estimate of drug-likeness (QED) is 0.117. The van der Waals surface area contributed by atoms with E-state index in [0.29, 0.717) is 18.0 Å². The molecule has 1 saturated carbocycles. The highest BCUT2D eigenvalue weighted by atomic mass is 19.2. The molecule has 0 spiro atoms. The molecular formula is C44H42F3N7O5. The van der Waals surface area contributed by atoms with Crippen molar-refractivity contribution >= 4 is 39.7 Å². The van der Waals surface area contributed by atoms with Gasteiger partial charge in [-0.1, -0.05) is 30.3 Å². The molecule has 4 heterocycles. The van der Waals surface area contributed by atoms with E-state index in [1.165, 1.54) is 15.7 Å². The molecule has 15 heteroatoms. The van der Waals surface area contributed by atoms with Crippen LogP contribution in [0.5, 0.6) is 5.75 Å². The summed E-state index contributed by atoms with van der Waals surface area (Å²) in [6.07, 6.45) is 6.58. The molecule has 2 fully saturated rings. The smallest absolute Gasteiger partial charge is 0.329 e. The number of benzene rings is 4. The number of phenolic OH excluding ortho intramolecular Hbond substituents is 1. The highest BCUT2D eigenvalue weighted by Crippen LogP contribution is 2.35. The van der Waals surface area contributed by atoms with Gasteiger partial charge in [0.15, 0.2) is 17.4 Å². The van der Waals surface area contributed by atoms with Gasteiger partial charge in [-0.3, -0.25) is 38.4 Å². The van der Waals surface area contributed by atoms with E-state index in [9.17, 15) is 37.5 Å². The summed E-state index contributed by atoms with van der Waals surface area (Å²) >= 11 is 0. The lowest BCUT2D eigenvalue weighted by Gasteiger charge is -2.28. The van der Waals surface area contributed by atoms with Gasteiger partial charge in [-0.2, -0.15) is 9.49 Å². The molecule has 4 aromatic carbocycles. The molecule has 0 bridgehead atoms. The summed E-state index contributed by atoms with van der Waals surface area (Å²) in [5.41, 5.74) is 7.15. The van der Waals surface area contributed by atoms with E-state index in [2.05, 4.69) is 58.1 Å². The number of nitrogens with one attached hydrogen (secondary N) is 2. The predicted octanol–water partition coefficient (Wildman–Crippen LogP) is 6.18. The lowest BCUT2D eigenvalue weighted by atomic mass is 9.86. The molecule has 9 rings (SSSR count). The summed E-state index contributed by atoms with van der Waals surface area (Å²) in [6.45, 7) is 2.74. The Hall–Kier alpha value is -6.22. The van der Waals surface area contributed by atoms with Crippen molar-refractivity contribution in [1.29, 1.82) is 0 Å². The molecule has 1 aliphatic carbocycles. The van der Waals surface area contributed by atoms with E-state index < -0.39 is 46.6 Å². The van der Waals surface area contributed by atoms with Crippen LogP contribution in [0.4, 0.5) is 13.2 Å². The first-order valence-electron chi connectivity index (χ1n) is 19.9. The number of amides is 3. The molecule has 0 radical (unpaired) electrons. The Morgan fingerprint density at radius 2 is 1.64 bits per heavy atom. The lowest BCUT2D eigenvalue weighted by Crippen LogP contribution is -2.44. The van der Waals surface area contributed by atoms with E-state index in [1.54, 1.807) is 11.6 Å². The zero-order valence-electron chi connectivity index (χ0n) is 32.3. The monoisotopic (exact) mass is 805 g/mol. The van der Waals surface area contributed by atoms with E-state index in [-0.39, 0.29) is 36.5 Å². The second kappa shape index (κ2) is 15.2. The first kappa shape index (κ1) is 38.3. The molecule has 1 saturated heterocycles. The number of fused-ring (bicyclic) bond motifs is 3. The number of piperidine rings is 1. The number of aryl methyl sites for hydroxylation is 1. The maximum absolute atomic E-state index is 14.2. The van der Waals surface area contributed by atoms with E-state index in [1.807, 2.05) is 22.9 Å². The number of carbonyl (C=O) groups excluding carboxylic acids is 3. The third-order valence-corrected chi connectivity index (χ3v) is 12.4. The summed E-state index contributed by atoms with van der Waals surface area (Å²) in [6, 6.07) is 18.8. The first-order chi connectivity index (χ1) is 28.4. The van der Waals surface area contributed by atoms with Gasteiger partial charge >= 0.3 is 5.69 Å². The Kier molecular flexibility index (Phi) is 9.86. The SMILES string of the molecule is Cn1c(=O)n(C2CCC(=O)NC2=O)c2ccc(CCN3Cc4ccc(-c5ccc6cn([C@H]7CC[C@H](CNC(=O)c8cc(F)c(O)c(F)c8F)CC7)nc6c5)cc4C3)cc21. The molecule has 2 aromatic heterocycles. The van der Waals surface area contributed by atoms with Crippen molar-refractivity contribution in [1.82, 2.24) is 34.4 Å². The zero-order chi connectivity index (χ0) is 41.1. The van der Waals surface area contributed by atoms with E-state index in [4.69, 9.17) is 5.10 Å². The number of hydrogen-bond donors (Lipinski definition) is 3. The van der Waals surface area contributed by atoms with Crippen LogP contribution >= 0.6 is 0 Å². The molecule has 1 atom stereocenters. The Morgan fingerprint density at radius 3 is 2.44 bits per heavy atom. The van der Waals surface area contributed by atoms with Crippen molar-refractivity contribution < 1.29 is 32.7 Å². The van der Waals surface area contributed by atoms with Crippen molar-refractivity contribution in [2.24, 2.45) is 13.0 Å². The molecule has 2 aliphatic heterocycles. The van der Waals surface area contributed by atoms with Crippen LogP contribution in [-0.4, -0.2) is 59.7 Å². The number of aromatic hydroxyl groups is 1. The number of nitrogens with zero attached hydrogens (tertiary/aromatic N) is 5. The van der Waals surface area contributed by atoms with Gasteiger partial charge in [-0.05, 0) is 103 Å². The van der Waals surface area contributed by atoms with Gasteiger partial charge < -0.3 is 10.4 Å². The van der Waals surface area contributed by atoms with Gasteiger partial charge in [0.25, 0.3) is 5.91 Å². The summed E-state index contributed by atoms with van der Waals surface area (Å²) in [5, 5.41) is 20.2. The molecular weight excluding hydrogens is 764 g/mol. The highest BCUT2D eigenvalue weighted by molar-refractivity contribution is 6.00. The fraction of sp³-hybridized carbons (Fsp3) is 0.341. The first-order valence-corrected chi connectivity index (χ1v) is 19.9. The van der Waals surface area contributed by atoms with Crippen LogP contribution < -0.4 is 16.3 Å². The fourth-order valence-corrected chi connectivity index (χ4v) is 8.98. The maximum Gasteiger partial charge on any atom is 0.329 e. The van der Waals surface area contributed by atoms with Gasteiger partial charge in [-0.25, -0.2) is 13.6 Å². The molecule has 1 unspecified atom stereocenters. The number of phenols is 1. The van der Waals surface area contributed by atoms with Crippen molar-refractivity contribution in [2.75, 3.05) is 13.1 Å². The highest BCUT2D eigenvalue weighted by Gasteiger charge is 2.32. The van der Waals surface area contributed by atoms with Gasteiger partial charge in [0.1, 0.15) is 6.04 Å². The molecule has 3 aliphatic rings. The Balaban J connectivity index is 0.803. The number of halogens is 3. The molecule has 6 aromatic rings. The second-order valence-electron chi connectivity index (χ2n) is 16.1. The van der Waals surface area contributed by atoms with Gasteiger partial charge in [0.2, 0.25) is 17.6 Å². The van der Waals surface area contributed by atoms with Crippen molar-refractivity contribution in [3.8, 4) is 16.9 Å². The number of hydrogen-bond acceptors (Lipinski definition) is 7. The molecule has 304 valence electrons. The van der Waals surface area contributed by atoms with Crippen molar-refractivity contribution in [2.45, 2.75) is 70.1 Å². The van der Waals surface area contributed by atoms with Crippen LogP contribution in [0.25, 0.3) is 33.1 Å². The Bertz CT molecular complexity index is 2750. The average molecular weight is 806 g/mol. The van der Waals surface area contributed by atoms with Crippen LogP contribution in [0, 0.1) is 23.4 Å². The minimum absolute atomic E-state index is 0.116. The van der Waals surface area contributed by atoms with Crippen LogP contribution in [0.2, 0.25) is 0 Å². The van der Waals surface area contributed by atoms with Gasteiger partial charge in [0, 0.05) is 51.2 Å². The number of carbonyl (C=O) groups is 3. The minimum atomic E-state index is -1.78. The maximum atomic E-state index is 14.2. The average Bonchev–Trinajstić information content (AvgIpc) is 3.93. The third-order valence-electron chi connectivity index (χ3n) is 12.4. The van der Waals surface area contributed by atoms with Crippen LogP contribution in [0.1, 0.15) is 77.7 Å². The zero-order valence-corrected chi connectivity index (χ0v) is 32.3. The van der Waals surface area contributed by atoms with Gasteiger partial charge in [-0.15, -0.1) is 0 Å². The minimum Gasteiger partial charge on any atom is -0.503 e. The number of imide groups is 1. The van der Waals surface area contributed by atoms with Crippen LogP contribution in [0.15, 0.2) is 71.7 Å². The summed E-state index contributed by atoms with van der Waals surface area (Å²) < 4.78 is 46.7. The van der Waals surface area contributed by atoms with E-state index in [0.717, 1.165) is 84.8 Å². The standard InChI is InChI=1S/C44H42F3N7O5/c1-51-37-16-24(4-11-35(37)54(44(51)59)36-12-13-38(55)49-43(36)58)14-15-52-21-28-7-5-26(17-30(28)22-52)27-6-8-29-23-53(50-34(29)18-27)31-9-2-25(3-10-31)20-48-42(57)32-19-33(45)41(56)40(47)39(32)46/h4-8,11,16-19,23,25,31,36,56H,2-3,9-10,12-15,20-22H2,1H3,(H,48,57)(H,49,55,58)/t25-,31-,36?. The van der Waals surface area contributed by atoms with Crippen molar-refractivity contribution in [3.63, 3.8) is 0 Å². The second-order valence-corrected chi connectivity index (χ2v) is 16.1. The van der Waals surface area contributed by atoms with Gasteiger partial charge in [0.05, 0.1) is 28.2 Å². The molecule has 3 N–H and O–H groups in total. The summed E-state index contributed by atoms with van der Waals surface area (Å²) in [5.74, 6) is -7.79. The molecule has 3 amide bonds. The summed E-state index contributed by atoms with van der Waals surface area (Å²) in [7, 11) is 1.71. The molecule has 12 nitrogen and oxygen atoms in total. The third kappa shape index (κ3) is 7.17. The fourth-order valence-electron chi connectivity index (χ4n) is 8.98. The molecule has 59 heavy (non-hydrogen) atoms. The number of aromatic nitrogens is 4. The lowest BCUT2D eigenvalue weighted by molar-refractivity contribution is -0.135. The van der Waals surface area contributed by atoms with E-state index >= 15 is 0 Å². The van der Waals surface area contributed by atoms with Crippen molar-refractivity contribution in [3.05, 3.63) is 117 Å². The van der Waals surface area contributed by atoms with Crippen LogP contribution in [-0.2, 0) is 36.1 Å². The summed E-state index contributed by atoms with van der Waals surface area (Å²) in [4.78, 5) is 52.4. The topological polar surface area (TPSA) is 143 Å².